The van der Waals surface area contributed by atoms with Gasteiger partial charge in [-0.15, -0.1) is 0 Å². The van der Waals surface area contributed by atoms with Crippen molar-refractivity contribution in [1.29, 1.82) is 0 Å². The van der Waals surface area contributed by atoms with Crippen molar-refractivity contribution in [3.05, 3.63) is 0 Å². The highest BCUT2D eigenvalue weighted by Crippen LogP contribution is 1.97. The highest BCUT2D eigenvalue weighted by Gasteiger charge is 2.22. The van der Waals surface area contributed by atoms with Crippen molar-refractivity contribution in [2.45, 2.75) is 18.6 Å². The van der Waals surface area contributed by atoms with Crippen LogP contribution in [0.4, 0.5) is 0 Å². The van der Waals surface area contributed by atoms with Crippen molar-refractivity contribution in [2.24, 2.45) is 5.14 Å². The van der Waals surface area contributed by atoms with E-state index in [-0.39, 0.29) is 18.7 Å². The zero-order chi connectivity index (χ0) is 13.0. The Morgan fingerprint density at radius 2 is 1.81 bits per heavy atom. The lowest BCUT2D eigenvalue weighted by Crippen LogP contribution is -2.38. The molecule has 1 unspecified atom stereocenters. The second kappa shape index (κ2) is 5.60. The fourth-order valence-electron chi connectivity index (χ4n) is 0.823. The van der Waals surface area contributed by atoms with Crippen molar-refractivity contribution in [1.82, 2.24) is 5.32 Å². The van der Waals surface area contributed by atoms with Crippen LogP contribution in [-0.4, -0.2) is 46.5 Å². The van der Waals surface area contributed by atoms with E-state index in [4.69, 9.17) is 5.14 Å². The molecule has 0 aliphatic carbocycles. The van der Waals surface area contributed by atoms with Gasteiger partial charge in [0.15, 0.2) is 9.84 Å². The number of rotatable bonds is 6. The SMILES string of the molecule is CC(C(=O)NCCCS(N)(=O)=O)S(C)(=O)=O. The molecule has 96 valence electrons. The van der Waals surface area contributed by atoms with Crippen LogP contribution in [-0.2, 0) is 24.7 Å². The Kier molecular flexibility index (Phi) is 5.36. The van der Waals surface area contributed by atoms with Crippen molar-refractivity contribution in [3.63, 3.8) is 0 Å². The van der Waals surface area contributed by atoms with E-state index in [1.807, 2.05) is 0 Å². The number of carbonyl (C=O) groups is 1. The predicted molar refractivity (Wildman–Crippen MR) is 59.9 cm³/mol. The second-order valence-corrected chi connectivity index (χ2v) is 7.58. The summed E-state index contributed by atoms with van der Waals surface area (Å²) in [6.45, 7) is 1.35. The molecule has 0 bridgehead atoms. The van der Waals surface area contributed by atoms with Crippen molar-refractivity contribution >= 4 is 25.8 Å². The highest BCUT2D eigenvalue weighted by atomic mass is 32.2. The maximum absolute atomic E-state index is 11.2. The van der Waals surface area contributed by atoms with E-state index in [0.717, 1.165) is 6.26 Å². The summed E-state index contributed by atoms with van der Waals surface area (Å²) >= 11 is 0. The van der Waals surface area contributed by atoms with Gasteiger partial charge in [-0.1, -0.05) is 0 Å². The summed E-state index contributed by atoms with van der Waals surface area (Å²) < 4.78 is 43.1. The standard InChI is InChI=1S/C7H16N2O5S2/c1-6(15(2,11)12)7(10)9-4-3-5-16(8,13)14/h6H,3-5H2,1-2H3,(H,9,10)(H2,8,13,14). The topological polar surface area (TPSA) is 123 Å². The van der Waals surface area contributed by atoms with Crippen LogP contribution < -0.4 is 10.5 Å². The Labute approximate surface area is 95.4 Å². The summed E-state index contributed by atoms with van der Waals surface area (Å²) in [5, 5.41) is 5.93. The number of hydrogen-bond donors (Lipinski definition) is 2. The second-order valence-electron chi connectivity index (χ2n) is 3.48. The molecule has 1 atom stereocenters. The van der Waals surface area contributed by atoms with Gasteiger partial charge in [0.1, 0.15) is 5.25 Å². The molecule has 0 aromatic rings. The first-order valence-corrected chi connectivity index (χ1v) is 8.18. The van der Waals surface area contributed by atoms with Crippen LogP contribution >= 0.6 is 0 Å². The molecule has 0 spiro atoms. The van der Waals surface area contributed by atoms with Crippen molar-refractivity contribution in [3.8, 4) is 0 Å². The lowest BCUT2D eigenvalue weighted by molar-refractivity contribution is -0.120. The predicted octanol–water partition coefficient (Wildman–Crippen LogP) is -1.79. The third-order valence-electron chi connectivity index (χ3n) is 1.92. The van der Waals surface area contributed by atoms with Crippen molar-refractivity contribution < 1.29 is 21.6 Å². The quantitative estimate of drug-likeness (QED) is 0.553. The van der Waals surface area contributed by atoms with Crippen LogP contribution in [0.15, 0.2) is 0 Å². The monoisotopic (exact) mass is 272 g/mol. The molecular formula is C7H16N2O5S2. The van der Waals surface area contributed by atoms with Crippen LogP contribution in [0.3, 0.4) is 0 Å². The number of nitrogens with two attached hydrogens (primary N) is 1. The van der Waals surface area contributed by atoms with Crippen LogP contribution in [0.2, 0.25) is 0 Å². The Morgan fingerprint density at radius 1 is 1.31 bits per heavy atom. The normalized spacial score (nSPS) is 14.4. The highest BCUT2D eigenvalue weighted by molar-refractivity contribution is 7.92. The summed E-state index contributed by atoms with van der Waals surface area (Å²) in [5.41, 5.74) is 0. The summed E-state index contributed by atoms with van der Waals surface area (Å²) in [6.07, 6.45) is 1.11. The smallest absolute Gasteiger partial charge is 0.238 e. The van der Waals surface area contributed by atoms with E-state index in [9.17, 15) is 21.6 Å². The van der Waals surface area contributed by atoms with Gasteiger partial charge in [-0.05, 0) is 13.3 Å². The molecule has 0 radical (unpaired) electrons. The number of carbonyl (C=O) groups excluding carboxylic acids is 1. The Bertz CT molecular complexity index is 439. The molecule has 0 aliphatic heterocycles. The molecular weight excluding hydrogens is 256 g/mol. The van der Waals surface area contributed by atoms with Gasteiger partial charge >= 0.3 is 0 Å². The lowest BCUT2D eigenvalue weighted by Gasteiger charge is -2.09. The minimum atomic E-state index is -3.54. The average molecular weight is 272 g/mol. The van der Waals surface area contributed by atoms with Gasteiger partial charge in [-0.2, -0.15) is 0 Å². The minimum absolute atomic E-state index is 0.0785. The van der Waals surface area contributed by atoms with Crippen LogP contribution in [0.25, 0.3) is 0 Å². The molecule has 0 aliphatic rings. The first kappa shape index (κ1) is 15.3. The van der Waals surface area contributed by atoms with Gasteiger partial charge in [0.2, 0.25) is 15.9 Å². The molecule has 0 fully saturated rings. The number of nitrogens with one attached hydrogen (secondary N) is 1. The number of sulfonamides is 1. The maximum Gasteiger partial charge on any atom is 0.238 e. The first-order valence-electron chi connectivity index (χ1n) is 4.51. The number of hydrogen-bond acceptors (Lipinski definition) is 5. The first-order chi connectivity index (χ1) is 7.04. The van der Waals surface area contributed by atoms with Crippen LogP contribution in [0.1, 0.15) is 13.3 Å². The molecule has 0 aromatic heterocycles. The molecule has 0 heterocycles. The Morgan fingerprint density at radius 3 is 2.19 bits per heavy atom. The third kappa shape index (κ3) is 6.75. The van der Waals surface area contributed by atoms with Gasteiger partial charge in [-0.3, -0.25) is 4.79 Å². The molecule has 0 saturated carbocycles. The van der Waals surface area contributed by atoms with Gasteiger partial charge in [0, 0.05) is 12.8 Å². The summed E-state index contributed by atoms with van der Waals surface area (Å²) in [5.74, 6) is -0.891. The van der Waals surface area contributed by atoms with Crippen LogP contribution in [0.5, 0.6) is 0 Å². The van der Waals surface area contributed by atoms with Gasteiger partial charge in [0.05, 0.1) is 5.75 Å². The van der Waals surface area contributed by atoms with Gasteiger partial charge in [0.25, 0.3) is 0 Å². The lowest BCUT2D eigenvalue weighted by atomic mass is 10.4. The molecule has 0 aromatic carbocycles. The average Bonchev–Trinajstić information content (AvgIpc) is 2.07. The van der Waals surface area contributed by atoms with Gasteiger partial charge in [-0.25, -0.2) is 22.0 Å². The molecule has 0 saturated heterocycles. The van der Waals surface area contributed by atoms with Crippen LogP contribution in [0, 0.1) is 0 Å². The fraction of sp³-hybridized carbons (Fsp3) is 0.857. The van der Waals surface area contributed by atoms with E-state index >= 15 is 0 Å². The van der Waals surface area contributed by atoms with Crippen molar-refractivity contribution in [2.75, 3.05) is 18.6 Å². The van der Waals surface area contributed by atoms with E-state index in [1.165, 1.54) is 6.92 Å². The largest absolute Gasteiger partial charge is 0.355 e. The summed E-state index contributed by atoms with van der Waals surface area (Å²) in [4.78, 5) is 11.2. The zero-order valence-electron chi connectivity index (χ0n) is 9.13. The Balaban J connectivity index is 4.02. The number of sulfone groups is 1. The van der Waals surface area contributed by atoms with E-state index in [2.05, 4.69) is 5.32 Å². The number of primary sulfonamides is 1. The third-order valence-corrected chi connectivity index (χ3v) is 4.27. The molecule has 16 heavy (non-hydrogen) atoms. The summed E-state index contributed by atoms with van der Waals surface area (Å²) in [6, 6.07) is 0. The molecule has 0 rings (SSSR count). The molecule has 7 nitrogen and oxygen atoms in total. The van der Waals surface area contributed by atoms with E-state index in [0.29, 0.717) is 0 Å². The molecule has 9 heteroatoms. The molecule has 1 amide bonds. The van der Waals surface area contributed by atoms with E-state index < -0.39 is 31.0 Å². The maximum atomic E-state index is 11.2. The summed E-state index contributed by atoms with van der Waals surface area (Å²) in [7, 11) is -6.96. The zero-order valence-corrected chi connectivity index (χ0v) is 10.8. The molecule has 3 N–H and O–H groups in total. The Hall–Kier alpha value is -0.670. The van der Waals surface area contributed by atoms with E-state index in [1.54, 1.807) is 0 Å². The minimum Gasteiger partial charge on any atom is -0.355 e. The van der Waals surface area contributed by atoms with Gasteiger partial charge < -0.3 is 5.32 Å². The number of amides is 1. The fourth-order valence-corrected chi connectivity index (χ4v) is 1.84.